The summed E-state index contributed by atoms with van der Waals surface area (Å²) < 4.78 is 5.76. The highest BCUT2D eigenvalue weighted by Crippen LogP contribution is 2.25. The second kappa shape index (κ2) is 5.56. The van der Waals surface area contributed by atoms with E-state index in [1.165, 1.54) is 10.4 Å². The average Bonchev–Trinajstić information content (AvgIpc) is 2.78. The van der Waals surface area contributed by atoms with Crippen LogP contribution in [0.4, 0.5) is 5.13 Å². The van der Waals surface area contributed by atoms with E-state index < -0.39 is 0 Å². The third-order valence-electron chi connectivity index (χ3n) is 3.09. The molecule has 0 amide bonds. The van der Waals surface area contributed by atoms with Gasteiger partial charge in [-0.25, -0.2) is 10.8 Å². The fraction of sp³-hybridized carbons (Fsp3) is 0.308. The molecule has 0 aliphatic carbocycles. The van der Waals surface area contributed by atoms with Crippen LogP contribution in [0.1, 0.15) is 10.4 Å². The second-order valence-electron chi connectivity index (χ2n) is 4.44. The van der Waals surface area contributed by atoms with Gasteiger partial charge in [-0.3, -0.25) is 10.3 Å². The highest BCUT2D eigenvalue weighted by Gasteiger charge is 2.15. The minimum absolute atomic E-state index is 0.720. The molecule has 3 rings (SSSR count). The zero-order valence-electron chi connectivity index (χ0n) is 10.5. The lowest BCUT2D eigenvalue weighted by Gasteiger charge is -2.17. The van der Waals surface area contributed by atoms with E-state index >= 15 is 0 Å². The Kier molecular flexibility index (Phi) is 3.63. The van der Waals surface area contributed by atoms with Gasteiger partial charge in [-0.2, -0.15) is 0 Å². The monoisotopic (exact) mass is 276 g/mol. The Morgan fingerprint density at radius 1 is 1.42 bits per heavy atom. The van der Waals surface area contributed by atoms with Crippen molar-refractivity contribution >= 4 is 16.5 Å². The van der Waals surface area contributed by atoms with Crippen molar-refractivity contribution in [2.75, 3.05) is 18.6 Å². The number of aromatic nitrogens is 1. The molecule has 2 heterocycles. The number of nitrogen functional groups attached to an aromatic ring is 1. The predicted molar refractivity (Wildman–Crippen MR) is 76.0 cm³/mol. The Morgan fingerprint density at radius 3 is 3.16 bits per heavy atom. The van der Waals surface area contributed by atoms with Gasteiger partial charge in [-0.1, -0.05) is 29.5 Å². The number of hydrogen-bond acceptors (Lipinski definition) is 6. The fourth-order valence-corrected chi connectivity index (χ4v) is 2.95. The van der Waals surface area contributed by atoms with Crippen LogP contribution in [0, 0.1) is 0 Å². The lowest BCUT2D eigenvalue weighted by molar-refractivity contribution is 0.221. The first-order valence-corrected chi connectivity index (χ1v) is 7.01. The van der Waals surface area contributed by atoms with Gasteiger partial charge in [-0.15, -0.1) is 0 Å². The maximum atomic E-state index is 5.76. The molecule has 1 aromatic heterocycles. The van der Waals surface area contributed by atoms with Crippen molar-refractivity contribution in [2.45, 2.75) is 13.1 Å². The largest absolute Gasteiger partial charge is 0.492 e. The van der Waals surface area contributed by atoms with Crippen molar-refractivity contribution in [1.82, 2.24) is 9.88 Å². The van der Waals surface area contributed by atoms with E-state index in [4.69, 9.17) is 10.6 Å². The third kappa shape index (κ3) is 2.86. The summed E-state index contributed by atoms with van der Waals surface area (Å²) in [5, 5.41) is 0.751. The molecular formula is C13H16N4OS. The Hall–Kier alpha value is -1.63. The number of benzene rings is 1. The van der Waals surface area contributed by atoms with Crippen LogP contribution in [0.3, 0.4) is 0 Å². The van der Waals surface area contributed by atoms with E-state index in [2.05, 4.69) is 27.4 Å². The number of hydrogen-bond donors (Lipinski definition) is 2. The number of fused-ring (bicyclic) bond motifs is 1. The number of anilines is 1. The summed E-state index contributed by atoms with van der Waals surface area (Å²) in [6, 6.07) is 8.21. The molecule has 0 unspecified atom stereocenters. The highest BCUT2D eigenvalue weighted by molar-refractivity contribution is 7.15. The van der Waals surface area contributed by atoms with E-state index in [0.717, 1.165) is 37.1 Å². The van der Waals surface area contributed by atoms with Crippen molar-refractivity contribution in [1.29, 1.82) is 0 Å². The quantitative estimate of drug-likeness (QED) is 0.661. The number of thiazole rings is 1. The van der Waals surface area contributed by atoms with Gasteiger partial charge in [0.25, 0.3) is 0 Å². The number of nitrogens with two attached hydrogens (primary N) is 1. The predicted octanol–water partition coefficient (Wildman–Crippen LogP) is 1.82. The summed E-state index contributed by atoms with van der Waals surface area (Å²) in [6.07, 6.45) is 1.87. The lowest BCUT2D eigenvalue weighted by atomic mass is 10.2. The van der Waals surface area contributed by atoms with Crippen LogP contribution in [0.2, 0.25) is 0 Å². The summed E-state index contributed by atoms with van der Waals surface area (Å²) in [6.45, 7) is 3.41. The van der Waals surface area contributed by atoms with Crippen molar-refractivity contribution in [3.63, 3.8) is 0 Å². The number of para-hydroxylation sites is 1. The molecule has 0 fully saturated rings. The third-order valence-corrected chi connectivity index (χ3v) is 4.00. The van der Waals surface area contributed by atoms with E-state index in [9.17, 15) is 0 Å². The molecular weight excluding hydrogens is 260 g/mol. The molecule has 100 valence electrons. The molecule has 19 heavy (non-hydrogen) atoms. The summed E-state index contributed by atoms with van der Waals surface area (Å²) in [7, 11) is 0. The summed E-state index contributed by atoms with van der Waals surface area (Å²) >= 11 is 1.58. The molecule has 0 radical (unpaired) electrons. The van der Waals surface area contributed by atoms with Gasteiger partial charge in [-0.05, 0) is 6.07 Å². The second-order valence-corrected chi connectivity index (χ2v) is 5.56. The number of rotatable bonds is 3. The molecule has 2 aromatic rings. The Bertz CT molecular complexity index is 557. The normalized spacial score (nSPS) is 15.4. The van der Waals surface area contributed by atoms with E-state index in [0.29, 0.717) is 0 Å². The lowest BCUT2D eigenvalue weighted by Crippen LogP contribution is -2.24. The maximum absolute atomic E-state index is 5.76. The summed E-state index contributed by atoms with van der Waals surface area (Å²) in [5.41, 5.74) is 3.81. The number of nitrogens with one attached hydrogen (secondary N) is 1. The summed E-state index contributed by atoms with van der Waals surface area (Å²) in [4.78, 5) is 7.75. The molecule has 3 N–H and O–H groups in total. The van der Waals surface area contributed by atoms with Crippen molar-refractivity contribution < 1.29 is 4.74 Å². The van der Waals surface area contributed by atoms with Gasteiger partial charge in [0.15, 0.2) is 5.13 Å². The molecule has 6 heteroatoms. The molecule has 0 bridgehead atoms. The molecule has 5 nitrogen and oxygen atoms in total. The smallest absolute Gasteiger partial charge is 0.197 e. The molecule has 0 spiro atoms. The van der Waals surface area contributed by atoms with Gasteiger partial charge in [0, 0.05) is 36.3 Å². The van der Waals surface area contributed by atoms with Gasteiger partial charge < -0.3 is 4.74 Å². The van der Waals surface area contributed by atoms with E-state index in [-0.39, 0.29) is 0 Å². The van der Waals surface area contributed by atoms with Crippen molar-refractivity contribution in [3.8, 4) is 5.75 Å². The first-order valence-electron chi connectivity index (χ1n) is 6.19. The summed E-state index contributed by atoms with van der Waals surface area (Å²) in [5.74, 6) is 6.35. The van der Waals surface area contributed by atoms with Crippen LogP contribution in [0.15, 0.2) is 30.5 Å². The first-order chi connectivity index (χ1) is 9.35. The van der Waals surface area contributed by atoms with Crippen LogP contribution >= 0.6 is 11.3 Å². The van der Waals surface area contributed by atoms with Crippen LogP contribution in [0.5, 0.6) is 5.75 Å². The molecule has 1 aliphatic heterocycles. The molecule has 1 aliphatic rings. The number of ether oxygens (including phenoxy) is 1. The van der Waals surface area contributed by atoms with Gasteiger partial charge >= 0.3 is 0 Å². The zero-order valence-corrected chi connectivity index (χ0v) is 11.3. The minimum Gasteiger partial charge on any atom is -0.492 e. The number of hydrazine groups is 1. The maximum Gasteiger partial charge on any atom is 0.197 e. The molecule has 0 atom stereocenters. The van der Waals surface area contributed by atoms with Crippen molar-refractivity contribution in [3.05, 3.63) is 40.9 Å². The molecule has 0 saturated carbocycles. The van der Waals surface area contributed by atoms with Crippen LogP contribution in [-0.2, 0) is 13.1 Å². The van der Waals surface area contributed by atoms with Gasteiger partial charge in [0.05, 0.1) is 0 Å². The van der Waals surface area contributed by atoms with Crippen LogP contribution in [0.25, 0.3) is 0 Å². The average molecular weight is 276 g/mol. The minimum atomic E-state index is 0.720. The standard InChI is InChI=1S/C13H16N4OS/c14-16-13-15-7-11(19-13)9-17-5-6-18-12-4-2-1-3-10(12)8-17/h1-4,7H,5-6,8-9,14H2,(H,15,16). The van der Waals surface area contributed by atoms with Gasteiger partial charge in [0.2, 0.25) is 0 Å². The first kappa shape index (κ1) is 12.4. The van der Waals surface area contributed by atoms with Crippen LogP contribution < -0.4 is 16.0 Å². The highest BCUT2D eigenvalue weighted by atomic mass is 32.1. The number of nitrogens with zero attached hydrogens (tertiary/aromatic N) is 2. The van der Waals surface area contributed by atoms with Crippen LogP contribution in [-0.4, -0.2) is 23.0 Å². The fourth-order valence-electron chi connectivity index (χ4n) is 2.18. The Balaban J connectivity index is 1.72. The van der Waals surface area contributed by atoms with Gasteiger partial charge in [0.1, 0.15) is 12.4 Å². The Morgan fingerprint density at radius 2 is 2.32 bits per heavy atom. The SMILES string of the molecule is NNc1ncc(CN2CCOc3ccccc3C2)s1. The van der Waals surface area contributed by atoms with Crippen molar-refractivity contribution in [2.24, 2.45) is 5.84 Å². The topological polar surface area (TPSA) is 63.4 Å². The molecule has 1 aromatic carbocycles. The molecule has 0 saturated heterocycles. The van der Waals surface area contributed by atoms with E-state index in [1.807, 2.05) is 18.3 Å². The van der Waals surface area contributed by atoms with E-state index in [1.54, 1.807) is 11.3 Å². The zero-order chi connectivity index (χ0) is 13.1. The Labute approximate surface area is 116 Å².